The second kappa shape index (κ2) is 11.8. The van der Waals surface area contributed by atoms with Gasteiger partial charge in [-0.1, -0.05) is 72.8 Å². The maximum atomic E-state index is 13.7. The van der Waals surface area contributed by atoms with Gasteiger partial charge in [0.15, 0.2) is 0 Å². The fourth-order valence-electron chi connectivity index (χ4n) is 6.17. The summed E-state index contributed by atoms with van der Waals surface area (Å²) in [6.07, 6.45) is 3.10. The summed E-state index contributed by atoms with van der Waals surface area (Å²) in [5, 5.41) is 6.49. The summed E-state index contributed by atoms with van der Waals surface area (Å²) in [6.45, 7) is 3.04. The topological polar surface area (TPSA) is 64.7 Å². The van der Waals surface area contributed by atoms with Crippen LogP contribution < -0.4 is 10.6 Å². The molecule has 2 fully saturated rings. The van der Waals surface area contributed by atoms with E-state index in [-0.39, 0.29) is 23.7 Å². The number of halogens is 1. The lowest BCUT2D eigenvalue weighted by atomic mass is 9.80. The van der Waals surface area contributed by atoms with Gasteiger partial charge in [-0.3, -0.25) is 4.79 Å². The van der Waals surface area contributed by atoms with Crippen LogP contribution in [0.4, 0.5) is 9.18 Å². The molecule has 3 aromatic carbocycles. The highest BCUT2D eigenvalue weighted by Gasteiger charge is 2.61. The van der Waals surface area contributed by atoms with Crippen LogP contribution >= 0.6 is 0 Å². The molecule has 0 radical (unpaired) electrons. The van der Waals surface area contributed by atoms with Crippen molar-refractivity contribution in [3.05, 3.63) is 107 Å². The standard InChI is InChI=1S/C33H39FN4O2/c1-37(2)31(40)36-32(26-9-5-3-6-10-26)18-21-38(22-19-32)24-28-23-33(28,27-11-7-4-8-12-27)30(39)35-20-17-25-13-15-29(34)16-14-25/h3-16,28H,17-24H2,1-2H3,(H,35,39)(H,36,40). The molecule has 1 heterocycles. The van der Waals surface area contributed by atoms with Gasteiger partial charge in [-0.2, -0.15) is 0 Å². The Kier molecular flexibility index (Phi) is 8.22. The Morgan fingerprint density at radius 2 is 1.50 bits per heavy atom. The molecule has 6 nitrogen and oxygen atoms in total. The van der Waals surface area contributed by atoms with Crippen LogP contribution in [0.15, 0.2) is 84.9 Å². The fourth-order valence-corrected chi connectivity index (χ4v) is 6.17. The van der Waals surface area contributed by atoms with Gasteiger partial charge < -0.3 is 20.4 Å². The van der Waals surface area contributed by atoms with E-state index in [9.17, 15) is 14.0 Å². The third-order valence-corrected chi connectivity index (χ3v) is 8.68. The van der Waals surface area contributed by atoms with Crippen molar-refractivity contribution in [1.29, 1.82) is 0 Å². The zero-order chi connectivity index (χ0) is 28.2. The molecule has 0 bridgehead atoms. The molecule has 3 aromatic rings. The number of nitrogens with one attached hydrogen (secondary N) is 2. The van der Waals surface area contributed by atoms with Gasteiger partial charge in [0.25, 0.3) is 0 Å². The molecule has 2 N–H and O–H groups in total. The fraction of sp³-hybridized carbons (Fsp3) is 0.394. The van der Waals surface area contributed by atoms with Gasteiger partial charge in [0.1, 0.15) is 5.82 Å². The number of nitrogens with zero attached hydrogens (tertiary/aromatic N) is 2. The first-order valence-corrected chi connectivity index (χ1v) is 14.2. The van der Waals surface area contributed by atoms with Crippen LogP contribution in [0.5, 0.6) is 0 Å². The molecule has 1 saturated heterocycles. The number of benzene rings is 3. The molecule has 0 spiro atoms. The van der Waals surface area contributed by atoms with E-state index in [1.54, 1.807) is 31.1 Å². The summed E-state index contributed by atoms with van der Waals surface area (Å²) in [7, 11) is 3.54. The van der Waals surface area contributed by atoms with Gasteiger partial charge >= 0.3 is 6.03 Å². The van der Waals surface area contributed by atoms with Crippen molar-refractivity contribution in [1.82, 2.24) is 20.4 Å². The minimum atomic E-state index is -0.531. The van der Waals surface area contributed by atoms with Crippen molar-refractivity contribution in [3.63, 3.8) is 0 Å². The first-order chi connectivity index (χ1) is 19.3. The molecule has 7 heteroatoms. The maximum Gasteiger partial charge on any atom is 0.317 e. The van der Waals surface area contributed by atoms with Crippen LogP contribution in [0, 0.1) is 11.7 Å². The van der Waals surface area contributed by atoms with E-state index < -0.39 is 11.0 Å². The minimum absolute atomic E-state index is 0.0692. The third kappa shape index (κ3) is 5.89. The summed E-state index contributed by atoms with van der Waals surface area (Å²) in [5.41, 5.74) is 2.26. The van der Waals surface area contributed by atoms with Gasteiger partial charge in [0, 0.05) is 40.3 Å². The Labute approximate surface area is 236 Å². The average Bonchev–Trinajstić information content (AvgIpc) is 3.71. The first kappa shape index (κ1) is 27.8. The van der Waals surface area contributed by atoms with E-state index in [2.05, 4.69) is 39.8 Å². The summed E-state index contributed by atoms with van der Waals surface area (Å²) in [4.78, 5) is 30.4. The Balaban J connectivity index is 1.24. The van der Waals surface area contributed by atoms with Crippen LogP contribution in [-0.2, 0) is 22.2 Å². The lowest BCUT2D eigenvalue weighted by Gasteiger charge is -2.43. The van der Waals surface area contributed by atoms with Crippen LogP contribution in [0.3, 0.4) is 0 Å². The molecule has 40 heavy (non-hydrogen) atoms. The Morgan fingerprint density at radius 1 is 0.900 bits per heavy atom. The van der Waals surface area contributed by atoms with E-state index in [1.165, 1.54) is 12.1 Å². The van der Waals surface area contributed by atoms with E-state index in [0.29, 0.717) is 13.0 Å². The molecular formula is C33H39FN4O2. The van der Waals surface area contributed by atoms with E-state index in [4.69, 9.17) is 0 Å². The number of likely N-dealkylation sites (tertiary alicyclic amines) is 1. The van der Waals surface area contributed by atoms with Crippen molar-refractivity contribution >= 4 is 11.9 Å². The van der Waals surface area contributed by atoms with Crippen LogP contribution in [0.2, 0.25) is 0 Å². The second-order valence-corrected chi connectivity index (χ2v) is 11.4. The predicted octanol–water partition coefficient (Wildman–Crippen LogP) is 4.70. The molecule has 2 aliphatic rings. The van der Waals surface area contributed by atoms with Crippen molar-refractivity contribution in [2.75, 3.05) is 40.3 Å². The Morgan fingerprint density at radius 3 is 2.10 bits per heavy atom. The molecule has 210 valence electrons. The van der Waals surface area contributed by atoms with Crippen LogP contribution in [-0.4, -0.2) is 62.0 Å². The molecule has 1 saturated carbocycles. The van der Waals surface area contributed by atoms with Crippen molar-refractivity contribution in [3.8, 4) is 0 Å². The van der Waals surface area contributed by atoms with Gasteiger partial charge in [-0.05, 0) is 60.4 Å². The SMILES string of the molecule is CN(C)C(=O)NC1(c2ccccc2)CCN(CC2CC2(C(=O)NCCc2ccc(F)cc2)c2ccccc2)CC1. The third-order valence-electron chi connectivity index (χ3n) is 8.68. The Bertz CT molecular complexity index is 1290. The molecule has 5 rings (SSSR count). The molecule has 2 atom stereocenters. The minimum Gasteiger partial charge on any atom is -0.355 e. The molecule has 0 aromatic heterocycles. The maximum absolute atomic E-state index is 13.7. The number of carbonyl (C=O) groups excluding carboxylic acids is 2. The van der Waals surface area contributed by atoms with Gasteiger partial charge in [-0.25, -0.2) is 9.18 Å². The number of rotatable bonds is 9. The normalized spacial score (nSPS) is 21.8. The highest BCUT2D eigenvalue weighted by Crippen LogP contribution is 2.55. The molecule has 1 aliphatic carbocycles. The highest BCUT2D eigenvalue weighted by molar-refractivity contribution is 5.92. The monoisotopic (exact) mass is 542 g/mol. The van der Waals surface area contributed by atoms with Crippen molar-refractivity contribution in [2.24, 2.45) is 5.92 Å². The predicted molar refractivity (Wildman–Crippen MR) is 155 cm³/mol. The largest absolute Gasteiger partial charge is 0.355 e. The summed E-state index contributed by atoms with van der Waals surface area (Å²) in [5.74, 6) is 0.0384. The lowest BCUT2D eigenvalue weighted by Crippen LogP contribution is -2.55. The van der Waals surface area contributed by atoms with E-state index in [0.717, 1.165) is 55.6 Å². The zero-order valence-electron chi connectivity index (χ0n) is 23.4. The van der Waals surface area contributed by atoms with Crippen molar-refractivity contribution < 1.29 is 14.0 Å². The number of amides is 3. The summed E-state index contributed by atoms with van der Waals surface area (Å²) < 4.78 is 13.2. The second-order valence-electron chi connectivity index (χ2n) is 11.4. The molecule has 3 amide bonds. The lowest BCUT2D eigenvalue weighted by molar-refractivity contribution is -0.124. The van der Waals surface area contributed by atoms with Gasteiger partial charge in [0.2, 0.25) is 5.91 Å². The number of carbonyl (C=O) groups is 2. The van der Waals surface area contributed by atoms with Crippen molar-refractivity contribution in [2.45, 2.75) is 36.6 Å². The number of hydrogen-bond acceptors (Lipinski definition) is 3. The summed E-state index contributed by atoms with van der Waals surface area (Å²) in [6, 6.07) is 26.7. The Hall–Kier alpha value is -3.71. The highest BCUT2D eigenvalue weighted by atomic mass is 19.1. The number of urea groups is 1. The first-order valence-electron chi connectivity index (χ1n) is 14.2. The smallest absolute Gasteiger partial charge is 0.317 e. The van der Waals surface area contributed by atoms with Crippen LogP contribution in [0.25, 0.3) is 0 Å². The van der Waals surface area contributed by atoms with Gasteiger partial charge in [-0.15, -0.1) is 0 Å². The quantitative estimate of drug-likeness (QED) is 0.412. The molecular weight excluding hydrogens is 503 g/mol. The van der Waals surface area contributed by atoms with E-state index >= 15 is 0 Å². The average molecular weight is 543 g/mol. The number of hydrogen-bond donors (Lipinski definition) is 2. The molecule has 2 unspecified atom stereocenters. The van der Waals surface area contributed by atoms with Crippen LogP contribution in [0.1, 0.15) is 36.0 Å². The van der Waals surface area contributed by atoms with Gasteiger partial charge in [0.05, 0.1) is 11.0 Å². The molecule has 1 aliphatic heterocycles. The summed E-state index contributed by atoms with van der Waals surface area (Å²) >= 11 is 0. The number of piperidine rings is 1. The zero-order valence-corrected chi connectivity index (χ0v) is 23.4. The van der Waals surface area contributed by atoms with E-state index in [1.807, 2.05) is 36.4 Å².